The molecule has 0 saturated carbocycles. The Bertz CT molecular complexity index is 464. The Morgan fingerprint density at radius 1 is 1.33 bits per heavy atom. The van der Waals surface area contributed by atoms with E-state index in [0.717, 1.165) is 25.4 Å². The van der Waals surface area contributed by atoms with Crippen molar-refractivity contribution in [2.45, 2.75) is 45.2 Å². The monoisotopic (exact) mass is 296 g/mol. The molecule has 1 fully saturated rings. The maximum absolute atomic E-state index is 13.9. The highest BCUT2D eigenvalue weighted by atomic mass is 19.2. The highest BCUT2D eigenvalue weighted by Gasteiger charge is 2.24. The van der Waals surface area contributed by atoms with E-state index >= 15 is 0 Å². The van der Waals surface area contributed by atoms with Crippen molar-refractivity contribution >= 4 is 0 Å². The van der Waals surface area contributed by atoms with Gasteiger partial charge in [0.05, 0.1) is 0 Å². The molecule has 1 aromatic carbocycles. The summed E-state index contributed by atoms with van der Waals surface area (Å²) in [6.07, 6.45) is 3.23. The normalized spacial score (nSPS) is 25.0. The van der Waals surface area contributed by atoms with Gasteiger partial charge in [0, 0.05) is 24.2 Å². The first-order chi connectivity index (χ1) is 10.0. The molecule has 0 radical (unpaired) electrons. The van der Waals surface area contributed by atoms with Gasteiger partial charge in [-0.05, 0) is 51.8 Å². The number of rotatable bonds is 5. The van der Waals surface area contributed by atoms with E-state index in [4.69, 9.17) is 0 Å². The number of likely N-dealkylation sites (tertiary alicyclic amines) is 1. The zero-order chi connectivity index (χ0) is 15.4. The minimum atomic E-state index is -0.770. The van der Waals surface area contributed by atoms with Gasteiger partial charge in [0.25, 0.3) is 0 Å². The molecule has 1 aliphatic rings. The van der Waals surface area contributed by atoms with Crippen molar-refractivity contribution in [3.8, 4) is 0 Å². The number of nitrogens with one attached hydrogen (secondary N) is 1. The first-order valence-electron chi connectivity index (χ1n) is 7.88. The van der Waals surface area contributed by atoms with E-state index in [1.807, 2.05) is 0 Å². The molecule has 3 atom stereocenters. The van der Waals surface area contributed by atoms with E-state index in [-0.39, 0.29) is 6.04 Å². The third-order valence-corrected chi connectivity index (χ3v) is 4.69. The Morgan fingerprint density at radius 2 is 2.10 bits per heavy atom. The summed E-state index contributed by atoms with van der Waals surface area (Å²) >= 11 is 0. The summed E-state index contributed by atoms with van der Waals surface area (Å²) in [4.78, 5) is 2.46. The van der Waals surface area contributed by atoms with Crippen LogP contribution < -0.4 is 5.32 Å². The van der Waals surface area contributed by atoms with Gasteiger partial charge < -0.3 is 10.2 Å². The molecule has 3 unspecified atom stereocenters. The van der Waals surface area contributed by atoms with Gasteiger partial charge in [0.15, 0.2) is 11.6 Å². The van der Waals surface area contributed by atoms with Crippen LogP contribution in [0.1, 0.15) is 44.7 Å². The van der Waals surface area contributed by atoms with Crippen LogP contribution in [-0.4, -0.2) is 31.1 Å². The Hall–Kier alpha value is -1.00. The maximum Gasteiger partial charge on any atom is 0.163 e. The van der Waals surface area contributed by atoms with Crippen molar-refractivity contribution in [3.63, 3.8) is 0 Å². The van der Waals surface area contributed by atoms with Crippen LogP contribution in [-0.2, 0) is 0 Å². The van der Waals surface area contributed by atoms with Gasteiger partial charge >= 0.3 is 0 Å². The second kappa shape index (κ2) is 7.32. The second-order valence-corrected chi connectivity index (χ2v) is 6.29. The Balaban J connectivity index is 1.98. The fraction of sp³-hybridized carbons (Fsp3) is 0.647. The lowest BCUT2D eigenvalue weighted by Crippen LogP contribution is -2.41. The van der Waals surface area contributed by atoms with Crippen LogP contribution in [0, 0.1) is 17.6 Å². The standard InChI is InChI=1S/C17H26F2N2/c1-12-7-9-21(13(2)11-12)10-8-16(20-3)14-5-4-6-15(18)17(14)19/h4-6,12-13,16,20H,7-11H2,1-3H3. The van der Waals surface area contributed by atoms with E-state index in [1.54, 1.807) is 19.2 Å². The van der Waals surface area contributed by atoms with Crippen LogP contribution in [0.2, 0.25) is 0 Å². The van der Waals surface area contributed by atoms with Crippen molar-refractivity contribution in [3.05, 3.63) is 35.4 Å². The van der Waals surface area contributed by atoms with E-state index < -0.39 is 11.6 Å². The molecule has 1 aliphatic heterocycles. The fourth-order valence-corrected chi connectivity index (χ4v) is 3.33. The summed E-state index contributed by atoms with van der Waals surface area (Å²) in [5.41, 5.74) is 0.426. The average molecular weight is 296 g/mol. The lowest BCUT2D eigenvalue weighted by atomic mass is 9.92. The molecule has 4 heteroatoms. The quantitative estimate of drug-likeness (QED) is 0.890. The number of halogens is 2. The first kappa shape index (κ1) is 16.4. The molecular weight excluding hydrogens is 270 g/mol. The van der Waals surface area contributed by atoms with Crippen LogP contribution in [0.15, 0.2) is 18.2 Å². The third kappa shape index (κ3) is 4.01. The molecule has 1 N–H and O–H groups in total. The molecule has 0 spiro atoms. The van der Waals surface area contributed by atoms with Gasteiger partial charge in [-0.2, -0.15) is 0 Å². The van der Waals surface area contributed by atoms with Crippen molar-refractivity contribution < 1.29 is 8.78 Å². The van der Waals surface area contributed by atoms with E-state index in [2.05, 4.69) is 24.1 Å². The minimum Gasteiger partial charge on any atom is -0.313 e. The first-order valence-corrected chi connectivity index (χ1v) is 7.88. The van der Waals surface area contributed by atoms with Crippen LogP contribution in [0.3, 0.4) is 0 Å². The van der Waals surface area contributed by atoms with Crippen LogP contribution >= 0.6 is 0 Å². The average Bonchev–Trinajstić information content (AvgIpc) is 2.45. The van der Waals surface area contributed by atoms with Gasteiger partial charge in [-0.1, -0.05) is 19.1 Å². The molecule has 0 bridgehead atoms. The van der Waals surface area contributed by atoms with E-state index in [0.29, 0.717) is 11.6 Å². The third-order valence-electron chi connectivity index (χ3n) is 4.69. The zero-order valence-electron chi connectivity index (χ0n) is 13.2. The molecule has 0 amide bonds. The van der Waals surface area contributed by atoms with Crippen LogP contribution in [0.25, 0.3) is 0 Å². The predicted molar refractivity (Wildman–Crippen MR) is 82.2 cm³/mol. The highest BCUT2D eigenvalue weighted by molar-refractivity contribution is 5.22. The number of piperidine rings is 1. The van der Waals surface area contributed by atoms with Crippen LogP contribution in [0.5, 0.6) is 0 Å². The second-order valence-electron chi connectivity index (χ2n) is 6.29. The summed E-state index contributed by atoms with van der Waals surface area (Å²) in [5.74, 6) is -0.706. The van der Waals surface area contributed by atoms with Gasteiger partial charge in [-0.3, -0.25) is 0 Å². The Labute approximate surface area is 126 Å². The Morgan fingerprint density at radius 3 is 2.76 bits per heavy atom. The predicted octanol–water partition coefficient (Wildman–Crippen LogP) is 3.74. The largest absolute Gasteiger partial charge is 0.313 e. The molecule has 1 aromatic rings. The van der Waals surface area contributed by atoms with Gasteiger partial charge in [-0.15, -0.1) is 0 Å². The molecule has 2 nitrogen and oxygen atoms in total. The van der Waals surface area contributed by atoms with Gasteiger partial charge in [0.2, 0.25) is 0 Å². The Kier molecular flexibility index (Phi) is 5.71. The lowest BCUT2D eigenvalue weighted by molar-refractivity contribution is 0.124. The summed E-state index contributed by atoms with van der Waals surface area (Å²) in [5, 5.41) is 3.12. The van der Waals surface area contributed by atoms with Gasteiger partial charge in [-0.25, -0.2) is 8.78 Å². The molecule has 0 aromatic heterocycles. The minimum absolute atomic E-state index is 0.146. The van der Waals surface area contributed by atoms with E-state index in [9.17, 15) is 8.78 Å². The number of hydrogen-bond donors (Lipinski definition) is 1. The topological polar surface area (TPSA) is 15.3 Å². The number of nitrogens with zero attached hydrogens (tertiary/aromatic N) is 1. The lowest BCUT2D eigenvalue weighted by Gasteiger charge is -2.37. The maximum atomic E-state index is 13.9. The van der Waals surface area contributed by atoms with Crippen molar-refractivity contribution in [1.29, 1.82) is 0 Å². The molecule has 1 saturated heterocycles. The number of hydrogen-bond acceptors (Lipinski definition) is 2. The van der Waals surface area contributed by atoms with Crippen molar-refractivity contribution in [1.82, 2.24) is 10.2 Å². The zero-order valence-corrected chi connectivity index (χ0v) is 13.2. The molecule has 21 heavy (non-hydrogen) atoms. The molecule has 0 aliphatic carbocycles. The summed E-state index contributed by atoms with van der Waals surface area (Å²) in [6.45, 7) is 6.57. The van der Waals surface area contributed by atoms with E-state index in [1.165, 1.54) is 18.9 Å². The SMILES string of the molecule is CNC(CCN1CCC(C)CC1C)c1cccc(F)c1F. The smallest absolute Gasteiger partial charge is 0.163 e. The molecule has 1 heterocycles. The fourth-order valence-electron chi connectivity index (χ4n) is 3.33. The summed E-state index contributed by atoms with van der Waals surface area (Å²) in [6, 6.07) is 4.83. The molecule has 2 rings (SSSR count). The molecular formula is C17H26F2N2. The highest BCUT2D eigenvalue weighted by Crippen LogP contribution is 2.25. The summed E-state index contributed by atoms with van der Waals surface area (Å²) in [7, 11) is 1.80. The number of benzene rings is 1. The van der Waals surface area contributed by atoms with Crippen molar-refractivity contribution in [2.75, 3.05) is 20.1 Å². The van der Waals surface area contributed by atoms with Crippen LogP contribution in [0.4, 0.5) is 8.78 Å². The van der Waals surface area contributed by atoms with Gasteiger partial charge in [0.1, 0.15) is 0 Å². The summed E-state index contributed by atoms with van der Waals surface area (Å²) < 4.78 is 27.3. The van der Waals surface area contributed by atoms with Crippen molar-refractivity contribution in [2.24, 2.45) is 5.92 Å². The molecule has 118 valence electrons.